The number of halogens is 3. The second-order valence-corrected chi connectivity index (χ2v) is 10.2. The Morgan fingerprint density at radius 3 is 2.41 bits per heavy atom. The van der Waals surface area contributed by atoms with Crippen molar-refractivity contribution in [3.63, 3.8) is 0 Å². The molecule has 1 aromatic heterocycles. The van der Waals surface area contributed by atoms with E-state index < -0.39 is 23.2 Å². The highest BCUT2D eigenvalue weighted by molar-refractivity contribution is 6.34. The predicted octanol–water partition coefficient (Wildman–Crippen LogP) is 5.93. The maximum atomic E-state index is 15.7. The van der Waals surface area contributed by atoms with Gasteiger partial charge in [-0.25, -0.2) is 13.6 Å². The second-order valence-electron chi connectivity index (χ2n) is 9.83. The van der Waals surface area contributed by atoms with Gasteiger partial charge in [0.15, 0.2) is 5.82 Å². The van der Waals surface area contributed by atoms with Crippen LogP contribution in [0.1, 0.15) is 48.9 Å². The van der Waals surface area contributed by atoms with Gasteiger partial charge in [-0.05, 0) is 50.1 Å². The van der Waals surface area contributed by atoms with Gasteiger partial charge in [0.1, 0.15) is 29.6 Å². The Bertz CT molecular complexity index is 1620. The van der Waals surface area contributed by atoms with Gasteiger partial charge in [0, 0.05) is 12.6 Å². The summed E-state index contributed by atoms with van der Waals surface area (Å²) in [4.78, 5) is 30.0. The topological polar surface area (TPSA) is 72.6 Å². The molecule has 0 saturated heterocycles. The summed E-state index contributed by atoms with van der Waals surface area (Å²) >= 11 is 6.29. The fourth-order valence-electron chi connectivity index (χ4n) is 4.93. The van der Waals surface area contributed by atoms with Gasteiger partial charge in [-0.3, -0.25) is 14.3 Å². The summed E-state index contributed by atoms with van der Waals surface area (Å²) in [5, 5.41) is 4.48. The minimum Gasteiger partial charge on any atom is -0.369 e. The number of hydrogen-bond acceptors (Lipinski definition) is 5. The van der Waals surface area contributed by atoms with Gasteiger partial charge in [0.05, 0.1) is 29.5 Å². The number of hydrogen-bond donors (Lipinski definition) is 0. The number of anilines is 2. The minimum absolute atomic E-state index is 0.0105. The maximum Gasteiger partial charge on any atom is 0.350 e. The molecule has 4 aromatic rings. The number of para-hydroxylation sites is 1. The molecule has 41 heavy (non-hydrogen) atoms. The van der Waals surface area contributed by atoms with E-state index in [1.807, 2.05) is 49.1 Å². The Kier molecular flexibility index (Phi) is 8.23. The van der Waals surface area contributed by atoms with Crippen molar-refractivity contribution in [2.24, 2.45) is 0 Å². The molecule has 0 aliphatic carbocycles. The second kappa shape index (κ2) is 11.8. The first-order valence-corrected chi connectivity index (χ1v) is 13.8. The number of fused-ring (bicyclic) bond motifs is 1. The van der Waals surface area contributed by atoms with E-state index >= 15 is 4.39 Å². The summed E-state index contributed by atoms with van der Waals surface area (Å²) in [5.74, 6) is -1.73. The van der Waals surface area contributed by atoms with Crippen molar-refractivity contribution < 1.29 is 18.3 Å². The van der Waals surface area contributed by atoms with E-state index in [4.69, 9.17) is 16.3 Å². The van der Waals surface area contributed by atoms with Gasteiger partial charge in [-0.15, -0.1) is 5.10 Å². The summed E-state index contributed by atoms with van der Waals surface area (Å²) in [6.07, 6.45) is 0.687. The van der Waals surface area contributed by atoms with Crippen LogP contribution in [-0.4, -0.2) is 33.0 Å². The van der Waals surface area contributed by atoms with Gasteiger partial charge in [0.2, 0.25) is 0 Å². The average molecular weight is 582 g/mol. The first-order chi connectivity index (χ1) is 19.7. The Balaban J connectivity index is 1.54. The van der Waals surface area contributed by atoms with E-state index in [-0.39, 0.29) is 41.3 Å². The molecule has 0 saturated carbocycles. The fraction of sp³-hybridized carbons (Fsp3) is 0.300. The number of carbonyl (C=O) groups excluding carboxylic acids is 1. The van der Waals surface area contributed by atoms with E-state index in [1.54, 1.807) is 6.92 Å². The van der Waals surface area contributed by atoms with Crippen molar-refractivity contribution >= 4 is 28.9 Å². The molecular weight excluding hydrogens is 552 g/mol. The normalized spacial score (nSPS) is 14.0. The molecule has 0 bridgehead atoms. The molecule has 11 heteroatoms. The molecular formula is C30H30ClF2N5O3. The molecule has 1 aliphatic heterocycles. The number of benzene rings is 3. The van der Waals surface area contributed by atoms with Crippen molar-refractivity contribution in [1.29, 1.82) is 0 Å². The largest absolute Gasteiger partial charge is 0.369 e. The molecule has 8 nitrogen and oxygen atoms in total. The van der Waals surface area contributed by atoms with Crippen LogP contribution in [0.4, 0.5) is 20.2 Å². The molecule has 214 valence electrons. The third kappa shape index (κ3) is 5.37. The molecule has 1 atom stereocenters. The number of amides is 1. The zero-order valence-electron chi connectivity index (χ0n) is 23.0. The maximum absolute atomic E-state index is 15.7. The molecule has 2 heterocycles. The predicted molar refractivity (Wildman–Crippen MR) is 154 cm³/mol. The number of nitrogens with zero attached hydrogens (tertiary/aromatic N) is 5. The summed E-state index contributed by atoms with van der Waals surface area (Å²) in [6, 6.07) is 16.2. The van der Waals surface area contributed by atoms with Gasteiger partial charge in [-0.1, -0.05) is 54.9 Å². The quantitative estimate of drug-likeness (QED) is 0.245. The summed E-state index contributed by atoms with van der Waals surface area (Å²) in [5.41, 5.74) is 0.737. The highest BCUT2D eigenvalue weighted by atomic mass is 35.5. The third-order valence-electron chi connectivity index (χ3n) is 7.30. The highest BCUT2D eigenvalue weighted by Gasteiger charge is 2.36. The summed E-state index contributed by atoms with van der Waals surface area (Å²) < 4.78 is 38.7. The first kappa shape index (κ1) is 28.5. The Morgan fingerprint density at radius 2 is 1.73 bits per heavy atom. The Hall–Kier alpha value is -4.02. The molecule has 0 N–H and O–H groups in total. The van der Waals surface area contributed by atoms with Crippen LogP contribution in [0.5, 0.6) is 0 Å². The van der Waals surface area contributed by atoms with Gasteiger partial charge >= 0.3 is 5.69 Å². The van der Waals surface area contributed by atoms with Crippen molar-refractivity contribution in [3.8, 4) is 5.69 Å². The molecule has 0 fully saturated rings. The van der Waals surface area contributed by atoms with E-state index in [0.29, 0.717) is 31.1 Å². The highest BCUT2D eigenvalue weighted by Crippen LogP contribution is 2.38. The molecule has 1 aliphatic rings. The Labute approximate surface area is 241 Å². The number of ether oxygens (including phenoxy) is 1. The van der Waals surface area contributed by atoms with Crippen molar-refractivity contribution in [2.75, 3.05) is 16.5 Å². The van der Waals surface area contributed by atoms with E-state index in [1.165, 1.54) is 33.7 Å². The zero-order chi connectivity index (χ0) is 29.3. The molecule has 1 unspecified atom stereocenters. The van der Waals surface area contributed by atoms with Gasteiger partial charge < -0.3 is 9.64 Å². The number of carbonyl (C=O) groups is 1. The van der Waals surface area contributed by atoms with Crippen LogP contribution < -0.4 is 15.5 Å². The lowest BCUT2D eigenvalue weighted by molar-refractivity contribution is 0.0980. The van der Waals surface area contributed by atoms with Gasteiger partial charge in [-0.2, -0.15) is 4.68 Å². The van der Waals surface area contributed by atoms with E-state index in [0.717, 1.165) is 16.3 Å². The lowest BCUT2D eigenvalue weighted by Crippen LogP contribution is -2.50. The van der Waals surface area contributed by atoms with E-state index in [2.05, 4.69) is 5.10 Å². The summed E-state index contributed by atoms with van der Waals surface area (Å²) in [7, 11) is 0. The number of aromatic nitrogens is 3. The van der Waals surface area contributed by atoms with Crippen molar-refractivity contribution in [2.45, 2.75) is 53.0 Å². The average Bonchev–Trinajstić information content (AvgIpc) is 3.28. The SMILES string of the molecule is CCC(C)N1CN(c2c(F)cccc2Cl)C(=O)c2cc(F)c(-n3nc(COCc4ccccc4)n(CC)c3=O)cc21. The van der Waals surface area contributed by atoms with Crippen molar-refractivity contribution in [3.05, 3.63) is 105 Å². The van der Waals surface area contributed by atoms with Gasteiger partial charge in [0.25, 0.3) is 5.91 Å². The molecule has 3 aromatic carbocycles. The smallest absolute Gasteiger partial charge is 0.350 e. The van der Waals surface area contributed by atoms with Crippen LogP contribution in [0.2, 0.25) is 5.02 Å². The third-order valence-corrected chi connectivity index (χ3v) is 7.61. The van der Waals surface area contributed by atoms with Crippen LogP contribution in [0.15, 0.2) is 65.5 Å². The minimum atomic E-state index is -0.817. The van der Waals surface area contributed by atoms with Crippen LogP contribution >= 0.6 is 11.6 Å². The van der Waals surface area contributed by atoms with E-state index in [9.17, 15) is 14.0 Å². The lowest BCUT2D eigenvalue weighted by Gasteiger charge is -2.41. The molecule has 5 rings (SSSR count). The first-order valence-electron chi connectivity index (χ1n) is 13.4. The van der Waals surface area contributed by atoms with Crippen LogP contribution in [-0.2, 0) is 24.5 Å². The molecule has 0 spiro atoms. The van der Waals surface area contributed by atoms with Crippen LogP contribution in [0, 0.1) is 11.6 Å². The fourth-order valence-corrected chi connectivity index (χ4v) is 5.19. The van der Waals surface area contributed by atoms with Crippen molar-refractivity contribution in [1.82, 2.24) is 14.3 Å². The Morgan fingerprint density at radius 1 is 0.976 bits per heavy atom. The number of rotatable bonds is 9. The standard InChI is InChI=1S/C30H30ClF2N5O3/c1-4-19(3)36-18-37(28-22(31)12-9-13-23(28)32)29(39)21-14-24(33)26(15-25(21)36)38-30(40)35(5-2)27(34-38)17-41-16-20-10-7-6-8-11-20/h6-15,19H,4-5,16-18H2,1-3H3. The summed E-state index contributed by atoms with van der Waals surface area (Å²) in [6.45, 7) is 6.39. The van der Waals surface area contributed by atoms with Crippen LogP contribution in [0.25, 0.3) is 5.69 Å². The zero-order valence-corrected chi connectivity index (χ0v) is 23.7. The molecule has 1 amide bonds. The monoisotopic (exact) mass is 581 g/mol. The molecule has 0 radical (unpaired) electrons. The lowest BCUT2D eigenvalue weighted by atomic mass is 10.0. The van der Waals surface area contributed by atoms with Crippen LogP contribution in [0.3, 0.4) is 0 Å².